The number of aryl methyl sites for hydroxylation is 1. The first-order chi connectivity index (χ1) is 19.4. The molecule has 0 aliphatic carbocycles. The minimum Gasteiger partial charge on any atom is -0.320 e. The number of likely N-dealkylation sites (N-methyl/N-ethyl adjacent to an activating group) is 1. The normalized spacial score (nSPS) is 16.3. The summed E-state index contributed by atoms with van der Waals surface area (Å²) in [6, 6.07) is 7.46. The summed E-state index contributed by atoms with van der Waals surface area (Å²) < 4.78 is 29.6. The van der Waals surface area contributed by atoms with E-state index < -0.39 is 11.6 Å². The van der Waals surface area contributed by atoms with Crippen LogP contribution in [0.4, 0.5) is 26.2 Å². The minimum absolute atomic E-state index is 0.00588. The van der Waals surface area contributed by atoms with E-state index in [4.69, 9.17) is 0 Å². The molecule has 2 N–H and O–H groups in total. The standard InChI is InChI=1S/C30H40F2N8/c1-5-8-24-20-39(13-14-40(24)6-2)19-21-10-11-27(35-17-21)37-30-36-18-26(32)29(38-30)23-15-22(9-7-12-33-3)28(34-4)25(31)16-23/h10-11,15-18,24,33H,4-9,12-14,19-20H2,1-3H3,(H,35,36,37,38). The Hall–Kier alpha value is -3.34. The Morgan fingerprint density at radius 1 is 1.10 bits per heavy atom. The van der Waals surface area contributed by atoms with Crippen molar-refractivity contribution in [1.29, 1.82) is 0 Å². The zero-order valence-electron chi connectivity index (χ0n) is 23.8. The number of rotatable bonds is 13. The average molecular weight is 551 g/mol. The fourth-order valence-corrected chi connectivity index (χ4v) is 5.33. The van der Waals surface area contributed by atoms with Crippen molar-refractivity contribution in [3.05, 3.63) is 59.4 Å². The summed E-state index contributed by atoms with van der Waals surface area (Å²) in [4.78, 5) is 21.9. The SMILES string of the molecule is C=Nc1c(F)cc(-c2nc(Nc3ccc(CN4CCN(CC)C(CCC)C4)cn3)ncc2F)cc1CCCNC. The second-order valence-corrected chi connectivity index (χ2v) is 10.2. The summed E-state index contributed by atoms with van der Waals surface area (Å²) in [5, 5.41) is 6.12. The van der Waals surface area contributed by atoms with Crippen molar-refractivity contribution in [1.82, 2.24) is 30.1 Å². The second kappa shape index (κ2) is 14.3. The van der Waals surface area contributed by atoms with Crippen LogP contribution in [-0.4, -0.2) is 77.3 Å². The molecule has 1 aliphatic heterocycles. The van der Waals surface area contributed by atoms with Crippen LogP contribution in [0.5, 0.6) is 0 Å². The van der Waals surface area contributed by atoms with Crippen LogP contribution in [0.25, 0.3) is 11.3 Å². The minimum atomic E-state index is -0.640. The summed E-state index contributed by atoms with van der Waals surface area (Å²) >= 11 is 0. The molecule has 214 valence electrons. The monoisotopic (exact) mass is 550 g/mol. The van der Waals surface area contributed by atoms with Crippen LogP contribution < -0.4 is 10.6 Å². The molecule has 40 heavy (non-hydrogen) atoms. The molecule has 0 radical (unpaired) electrons. The van der Waals surface area contributed by atoms with E-state index in [1.165, 1.54) is 18.9 Å². The molecule has 0 bridgehead atoms. The van der Waals surface area contributed by atoms with Crippen LogP contribution in [0.2, 0.25) is 0 Å². The Labute approximate surface area is 236 Å². The first-order valence-corrected chi connectivity index (χ1v) is 14.1. The Balaban J connectivity index is 1.46. The van der Waals surface area contributed by atoms with Gasteiger partial charge in [-0.05, 0) is 75.4 Å². The van der Waals surface area contributed by atoms with Crippen LogP contribution in [0.1, 0.15) is 44.2 Å². The van der Waals surface area contributed by atoms with Crippen molar-refractivity contribution >= 4 is 24.2 Å². The van der Waals surface area contributed by atoms with Crippen LogP contribution in [-0.2, 0) is 13.0 Å². The van der Waals surface area contributed by atoms with Gasteiger partial charge in [0.05, 0.1) is 6.20 Å². The zero-order chi connectivity index (χ0) is 28.5. The maximum absolute atomic E-state index is 14.8. The number of aromatic nitrogens is 3. The van der Waals surface area contributed by atoms with Crippen molar-refractivity contribution in [2.75, 3.05) is 45.1 Å². The molecule has 1 unspecified atom stereocenters. The molecular weight excluding hydrogens is 510 g/mol. The maximum atomic E-state index is 14.8. The summed E-state index contributed by atoms with van der Waals surface area (Å²) in [5.74, 6) is -0.476. The topological polar surface area (TPSA) is 81.6 Å². The molecule has 10 heteroatoms. The number of hydrogen-bond donors (Lipinski definition) is 2. The molecule has 4 rings (SSSR count). The molecule has 1 aromatic carbocycles. The van der Waals surface area contributed by atoms with Gasteiger partial charge in [0.2, 0.25) is 5.95 Å². The van der Waals surface area contributed by atoms with E-state index in [9.17, 15) is 8.78 Å². The third kappa shape index (κ3) is 7.44. The van der Waals surface area contributed by atoms with Gasteiger partial charge < -0.3 is 10.6 Å². The number of aliphatic imine (C=N–C) groups is 1. The van der Waals surface area contributed by atoms with Gasteiger partial charge in [0, 0.05) is 44.0 Å². The maximum Gasteiger partial charge on any atom is 0.229 e. The Kier molecular flexibility index (Phi) is 10.6. The highest BCUT2D eigenvalue weighted by molar-refractivity contribution is 5.68. The van der Waals surface area contributed by atoms with Crippen LogP contribution in [0.3, 0.4) is 0 Å². The quantitative estimate of drug-likeness (QED) is 0.219. The van der Waals surface area contributed by atoms with Gasteiger partial charge in [-0.25, -0.2) is 23.7 Å². The fraction of sp³-hybridized carbons (Fsp3) is 0.467. The van der Waals surface area contributed by atoms with Crippen LogP contribution >= 0.6 is 0 Å². The lowest BCUT2D eigenvalue weighted by molar-refractivity contribution is 0.0690. The Morgan fingerprint density at radius 2 is 1.95 bits per heavy atom. The summed E-state index contributed by atoms with van der Waals surface area (Å²) in [5.41, 5.74) is 2.29. The lowest BCUT2D eigenvalue weighted by Gasteiger charge is -2.41. The Bertz CT molecular complexity index is 1270. The van der Waals surface area contributed by atoms with E-state index in [1.807, 2.05) is 25.4 Å². The van der Waals surface area contributed by atoms with Crippen molar-refractivity contribution in [3.8, 4) is 11.3 Å². The molecule has 1 fully saturated rings. The zero-order valence-corrected chi connectivity index (χ0v) is 23.8. The molecule has 1 atom stereocenters. The third-order valence-electron chi connectivity index (χ3n) is 7.38. The average Bonchev–Trinajstić information content (AvgIpc) is 2.95. The van der Waals surface area contributed by atoms with E-state index in [1.54, 1.807) is 6.07 Å². The fourth-order valence-electron chi connectivity index (χ4n) is 5.33. The highest BCUT2D eigenvalue weighted by Crippen LogP contribution is 2.32. The van der Waals surface area contributed by atoms with Gasteiger partial charge in [-0.1, -0.05) is 26.3 Å². The van der Waals surface area contributed by atoms with Crippen molar-refractivity contribution in [2.24, 2.45) is 4.99 Å². The second-order valence-electron chi connectivity index (χ2n) is 10.2. The molecule has 1 aliphatic rings. The first-order valence-electron chi connectivity index (χ1n) is 14.1. The first kappa shape index (κ1) is 29.6. The molecule has 2 aromatic heterocycles. The summed E-state index contributed by atoms with van der Waals surface area (Å²) in [6.45, 7) is 13.9. The van der Waals surface area contributed by atoms with Gasteiger partial charge in [-0.3, -0.25) is 14.8 Å². The van der Waals surface area contributed by atoms with Crippen LogP contribution in [0.15, 0.2) is 41.7 Å². The lowest BCUT2D eigenvalue weighted by atomic mass is 10.0. The Morgan fingerprint density at radius 3 is 2.65 bits per heavy atom. The van der Waals surface area contributed by atoms with Crippen molar-refractivity contribution in [3.63, 3.8) is 0 Å². The van der Waals surface area contributed by atoms with Gasteiger partial charge >= 0.3 is 0 Å². The molecule has 3 heterocycles. The third-order valence-corrected chi connectivity index (χ3v) is 7.38. The highest BCUT2D eigenvalue weighted by Gasteiger charge is 2.25. The number of pyridine rings is 1. The van der Waals surface area contributed by atoms with Crippen molar-refractivity contribution < 1.29 is 8.78 Å². The van der Waals surface area contributed by atoms with Gasteiger partial charge in [0.15, 0.2) is 5.82 Å². The van der Waals surface area contributed by atoms with E-state index >= 15 is 0 Å². The molecular formula is C30H40F2N8. The number of hydrogen-bond acceptors (Lipinski definition) is 8. The predicted molar refractivity (Wildman–Crippen MR) is 158 cm³/mol. The van der Waals surface area contributed by atoms with E-state index in [0.717, 1.165) is 57.4 Å². The summed E-state index contributed by atoms with van der Waals surface area (Å²) in [7, 11) is 1.86. The van der Waals surface area contributed by atoms with Crippen LogP contribution in [0, 0.1) is 11.6 Å². The smallest absolute Gasteiger partial charge is 0.229 e. The number of nitrogens with one attached hydrogen (secondary N) is 2. The van der Waals surface area contributed by atoms with Gasteiger partial charge in [0.1, 0.15) is 23.0 Å². The van der Waals surface area contributed by atoms with Gasteiger partial charge in [-0.2, -0.15) is 0 Å². The van der Waals surface area contributed by atoms with Gasteiger partial charge in [0.25, 0.3) is 0 Å². The molecule has 0 spiro atoms. The largest absolute Gasteiger partial charge is 0.320 e. The summed E-state index contributed by atoms with van der Waals surface area (Å²) in [6.07, 6.45) is 6.68. The predicted octanol–water partition coefficient (Wildman–Crippen LogP) is 5.35. The molecule has 0 amide bonds. The molecule has 3 aromatic rings. The number of halogens is 2. The van der Waals surface area contributed by atoms with Crippen molar-refractivity contribution in [2.45, 2.75) is 52.1 Å². The highest BCUT2D eigenvalue weighted by atomic mass is 19.1. The molecule has 8 nitrogen and oxygen atoms in total. The number of piperazine rings is 1. The van der Waals surface area contributed by atoms with E-state index in [0.29, 0.717) is 29.4 Å². The number of benzene rings is 1. The number of nitrogens with zero attached hydrogens (tertiary/aromatic N) is 6. The van der Waals surface area contributed by atoms with Gasteiger partial charge in [-0.15, -0.1) is 0 Å². The number of anilines is 2. The molecule has 1 saturated heterocycles. The van der Waals surface area contributed by atoms with E-state index in [2.05, 4.69) is 60.9 Å². The van der Waals surface area contributed by atoms with E-state index in [-0.39, 0.29) is 17.3 Å². The molecule has 0 saturated carbocycles. The lowest BCUT2D eigenvalue weighted by Crippen LogP contribution is -2.52.